The fourth-order valence-corrected chi connectivity index (χ4v) is 3.08. The maximum absolute atomic E-state index is 12.7. The second-order valence-electron chi connectivity index (χ2n) is 6.63. The van der Waals surface area contributed by atoms with Crippen LogP contribution in [-0.4, -0.2) is 34.8 Å². The van der Waals surface area contributed by atoms with Gasteiger partial charge in [0.1, 0.15) is 11.6 Å². The van der Waals surface area contributed by atoms with Gasteiger partial charge in [-0.25, -0.2) is 0 Å². The fourth-order valence-electron chi connectivity index (χ4n) is 3.08. The summed E-state index contributed by atoms with van der Waals surface area (Å²) >= 11 is 0. The van der Waals surface area contributed by atoms with Gasteiger partial charge in [0.15, 0.2) is 0 Å². The molecule has 1 heterocycles. The Kier molecular flexibility index (Phi) is 3.47. The number of benzene rings is 1. The molecule has 4 nitrogen and oxygen atoms in total. The Morgan fingerprint density at radius 2 is 1.86 bits per heavy atom. The predicted octanol–water partition coefficient (Wildman–Crippen LogP) is 1.74. The Hall–Kier alpha value is -1.84. The van der Waals surface area contributed by atoms with Crippen LogP contribution < -0.4 is 5.32 Å². The van der Waals surface area contributed by atoms with E-state index in [0.717, 1.165) is 19.3 Å². The highest BCUT2D eigenvalue weighted by molar-refractivity contribution is 5.99. The van der Waals surface area contributed by atoms with Gasteiger partial charge >= 0.3 is 0 Å². The number of nitrogens with zero attached hydrogens (tertiary/aromatic N) is 1. The molecule has 1 aliphatic carbocycles. The van der Waals surface area contributed by atoms with Gasteiger partial charge < -0.3 is 10.2 Å². The third-order valence-corrected chi connectivity index (χ3v) is 4.39. The first-order valence-electron chi connectivity index (χ1n) is 7.66. The summed E-state index contributed by atoms with van der Waals surface area (Å²) in [6, 6.07) is 9.84. The maximum atomic E-state index is 12.7. The van der Waals surface area contributed by atoms with Gasteiger partial charge in [-0.15, -0.1) is 0 Å². The molecule has 112 valence electrons. The van der Waals surface area contributed by atoms with Gasteiger partial charge in [0.25, 0.3) is 0 Å². The van der Waals surface area contributed by atoms with Crippen LogP contribution in [0, 0.1) is 5.92 Å². The summed E-state index contributed by atoms with van der Waals surface area (Å²) in [6.07, 6.45) is 2.89. The second kappa shape index (κ2) is 5.17. The molecule has 2 amide bonds. The minimum absolute atomic E-state index is 0.00941. The number of carbonyl (C=O) groups is 2. The van der Waals surface area contributed by atoms with E-state index in [1.54, 1.807) is 13.8 Å². The van der Waals surface area contributed by atoms with Crippen LogP contribution >= 0.6 is 0 Å². The molecule has 1 saturated carbocycles. The molecule has 4 heteroatoms. The van der Waals surface area contributed by atoms with Gasteiger partial charge in [-0.3, -0.25) is 9.59 Å². The summed E-state index contributed by atoms with van der Waals surface area (Å²) in [5.74, 6) is 0.394. The fraction of sp³-hybridized carbons (Fsp3) is 0.529. The Bertz CT molecular complexity index is 549. The molecule has 1 aromatic carbocycles. The third kappa shape index (κ3) is 2.80. The van der Waals surface area contributed by atoms with Crippen molar-refractivity contribution in [1.82, 2.24) is 10.2 Å². The number of piperazine rings is 1. The Balaban J connectivity index is 1.77. The van der Waals surface area contributed by atoms with Crippen molar-refractivity contribution in [1.29, 1.82) is 0 Å². The van der Waals surface area contributed by atoms with E-state index >= 15 is 0 Å². The first kappa shape index (κ1) is 14.1. The lowest BCUT2D eigenvalue weighted by atomic mass is 9.94. The third-order valence-electron chi connectivity index (χ3n) is 4.39. The number of hydrogen-bond donors (Lipinski definition) is 1. The standard InChI is InChI=1S/C17H22N2O2/c1-17(2)16(21)19(11-10-12-6-4-3-5-7-12)14(13-8-9-13)15(20)18-17/h3-7,13-14H,8-11H2,1-2H3,(H,18,20). The molecule has 0 bridgehead atoms. The molecule has 1 aromatic rings. The number of nitrogens with one attached hydrogen (secondary N) is 1. The second-order valence-corrected chi connectivity index (χ2v) is 6.63. The summed E-state index contributed by atoms with van der Waals surface area (Å²) in [5.41, 5.74) is 0.405. The Labute approximate surface area is 125 Å². The van der Waals surface area contributed by atoms with Crippen molar-refractivity contribution < 1.29 is 9.59 Å². The van der Waals surface area contributed by atoms with Crippen molar-refractivity contribution in [3.63, 3.8) is 0 Å². The normalized spacial score (nSPS) is 24.9. The summed E-state index contributed by atoms with van der Waals surface area (Å²) in [5, 5.41) is 2.87. The predicted molar refractivity (Wildman–Crippen MR) is 80.6 cm³/mol. The smallest absolute Gasteiger partial charge is 0.248 e. The summed E-state index contributed by atoms with van der Waals surface area (Å²) < 4.78 is 0. The Morgan fingerprint density at radius 1 is 1.19 bits per heavy atom. The number of carbonyl (C=O) groups excluding carboxylic acids is 2. The number of rotatable bonds is 4. The average molecular weight is 286 g/mol. The topological polar surface area (TPSA) is 49.4 Å². The van der Waals surface area contributed by atoms with Crippen LogP contribution in [0.2, 0.25) is 0 Å². The molecule has 1 atom stereocenters. The highest BCUT2D eigenvalue weighted by Crippen LogP contribution is 2.38. The van der Waals surface area contributed by atoms with E-state index in [1.165, 1.54) is 5.56 Å². The van der Waals surface area contributed by atoms with E-state index < -0.39 is 5.54 Å². The minimum atomic E-state index is -0.792. The molecule has 1 N–H and O–H groups in total. The van der Waals surface area contributed by atoms with Crippen LogP contribution in [0.4, 0.5) is 0 Å². The molecule has 1 unspecified atom stereocenters. The average Bonchev–Trinajstić information content (AvgIpc) is 3.26. The molecule has 2 aliphatic rings. The summed E-state index contributed by atoms with van der Waals surface area (Å²) in [4.78, 5) is 26.8. The van der Waals surface area contributed by atoms with Crippen LogP contribution in [0.15, 0.2) is 30.3 Å². The molecule has 3 rings (SSSR count). The lowest BCUT2D eigenvalue weighted by molar-refractivity contribution is -0.154. The van der Waals surface area contributed by atoms with Crippen LogP contribution in [0.5, 0.6) is 0 Å². The van der Waals surface area contributed by atoms with Gasteiger partial charge in [0, 0.05) is 6.54 Å². The highest BCUT2D eigenvalue weighted by Gasteiger charge is 2.50. The van der Waals surface area contributed by atoms with E-state index in [1.807, 2.05) is 23.1 Å². The van der Waals surface area contributed by atoms with Crippen molar-refractivity contribution in [2.75, 3.05) is 6.54 Å². The lowest BCUT2D eigenvalue weighted by Gasteiger charge is -2.43. The zero-order chi connectivity index (χ0) is 15.0. The SMILES string of the molecule is CC1(C)NC(=O)C(C2CC2)N(CCc2ccccc2)C1=O. The number of hydrogen-bond acceptors (Lipinski definition) is 2. The quantitative estimate of drug-likeness (QED) is 0.916. The highest BCUT2D eigenvalue weighted by atomic mass is 16.2. The Morgan fingerprint density at radius 3 is 2.48 bits per heavy atom. The van der Waals surface area contributed by atoms with Crippen molar-refractivity contribution in [2.45, 2.75) is 44.7 Å². The zero-order valence-electron chi connectivity index (χ0n) is 12.6. The molecule has 21 heavy (non-hydrogen) atoms. The van der Waals surface area contributed by atoms with Crippen molar-refractivity contribution in [3.8, 4) is 0 Å². The molecule has 2 fully saturated rings. The van der Waals surface area contributed by atoms with Crippen LogP contribution in [-0.2, 0) is 16.0 Å². The largest absolute Gasteiger partial charge is 0.340 e. The van der Waals surface area contributed by atoms with Crippen LogP contribution in [0.25, 0.3) is 0 Å². The van der Waals surface area contributed by atoms with Gasteiger partial charge in [0.2, 0.25) is 11.8 Å². The molecule has 0 radical (unpaired) electrons. The van der Waals surface area contributed by atoms with E-state index in [2.05, 4.69) is 17.4 Å². The first-order chi connectivity index (χ1) is 9.99. The van der Waals surface area contributed by atoms with Crippen molar-refractivity contribution in [3.05, 3.63) is 35.9 Å². The first-order valence-corrected chi connectivity index (χ1v) is 7.66. The number of amides is 2. The van der Waals surface area contributed by atoms with Gasteiger partial charge in [-0.1, -0.05) is 30.3 Å². The lowest BCUT2D eigenvalue weighted by Crippen LogP contribution is -2.68. The van der Waals surface area contributed by atoms with Gasteiger partial charge in [-0.2, -0.15) is 0 Å². The summed E-state index contributed by atoms with van der Waals surface area (Å²) in [6.45, 7) is 4.18. The monoisotopic (exact) mass is 286 g/mol. The van der Waals surface area contributed by atoms with E-state index in [-0.39, 0.29) is 17.9 Å². The van der Waals surface area contributed by atoms with Crippen LogP contribution in [0.1, 0.15) is 32.3 Å². The molecular formula is C17H22N2O2. The maximum Gasteiger partial charge on any atom is 0.248 e. The molecule has 0 aromatic heterocycles. The molecular weight excluding hydrogens is 264 g/mol. The van der Waals surface area contributed by atoms with E-state index in [0.29, 0.717) is 12.5 Å². The molecule has 0 spiro atoms. The van der Waals surface area contributed by atoms with Gasteiger partial charge in [0.05, 0.1) is 0 Å². The van der Waals surface area contributed by atoms with E-state index in [9.17, 15) is 9.59 Å². The minimum Gasteiger partial charge on any atom is -0.340 e. The molecule has 1 aliphatic heterocycles. The van der Waals surface area contributed by atoms with Crippen LogP contribution in [0.3, 0.4) is 0 Å². The molecule has 1 saturated heterocycles. The van der Waals surface area contributed by atoms with Crippen molar-refractivity contribution >= 4 is 11.8 Å². The van der Waals surface area contributed by atoms with E-state index in [4.69, 9.17) is 0 Å². The summed E-state index contributed by atoms with van der Waals surface area (Å²) in [7, 11) is 0. The zero-order valence-corrected chi connectivity index (χ0v) is 12.6. The van der Waals surface area contributed by atoms with Crippen molar-refractivity contribution in [2.24, 2.45) is 5.92 Å². The van der Waals surface area contributed by atoms with Gasteiger partial charge in [-0.05, 0) is 44.6 Å².